The summed E-state index contributed by atoms with van der Waals surface area (Å²) in [5, 5.41) is 14.7. The van der Waals surface area contributed by atoms with Gasteiger partial charge in [0.15, 0.2) is 5.65 Å². The third-order valence-corrected chi connectivity index (χ3v) is 8.00. The van der Waals surface area contributed by atoms with Crippen LogP contribution in [-0.4, -0.2) is 73.9 Å². The van der Waals surface area contributed by atoms with Gasteiger partial charge in [0.1, 0.15) is 23.7 Å². The summed E-state index contributed by atoms with van der Waals surface area (Å²) in [7, 11) is 2.15. The third kappa shape index (κ3) is 4.73. The fraction of sp³-hybridized carbons (Fsp3) is 0.448. The van der Waals surface area contributed by atoms with Crippen LogP contribution in [0, 0.1) is 12.3 Å². The Morgan fingerprint density at radius 3 is 2.72 bits per heavy atom. The molecular formula is C29H34N8O2. The minimum absolute atomic E-state index is 0.0834. The van der Waals surface area contributed by atoms with Crippen molar-refractivity contribution in [1.82, 2.24) is 24.2 Å². The highest BCUT2D eigenvalue weighted by atomic mass is 16.3. The molecule has 1 aromatic carbocycles. The monoisotopic (exact) mass is 526 g/mol. The molecule has 2 atom stereocenters. The van der Waals surface area contributed by atoms with E-state index in [1.54, 1.807) is 10.9 Å². The predicted molar refractivity (Wildman–Crippen MR) is 154 cm³/mol. The molecule has 4 heterocycles. The second kappa shape index (κ2) is 9.98. The molecule has 1 aliphatic carbocycles. The lowest BCUT2D eigenvalue weighted by atomic mass is 9.79. The molecule has 39 heavy (non-hydrogen) atoms. The lowest BCUT2D eigenvalue weighted by molar-refractivity contribution is 0.113. The number of hydrogen-bond acceptors (Lipinski definition) is 8. The van der Waals surface area contributed by atoms with E-state index in [1.165, 1.54) is 10.4 Å². The van der Waals surface area contributed by atoms with Crippen molar-refractivity contribution in [3.63, 3.8) is 0 Å². The number of piperazine rings is 1. The highest BCUT2D eigenvalue weighted by molar-refractivity contribution is 6.07. The standard InChI is InChI=1S/C29H34N8O2/c1-4-14-36-27(38)23-19-30-28(31-21-8-10-22(11-9-21)35-17-15-34(3)16-18-35)33-26(23)37(36)24-12-7-20-6-5-13-29(2,39)25(20)32-24/h1,7-11,19,24,39H,5-6,12-18H2,2-3H3,(H,30,31,33). The van der Waals surface area contributed by atoms with Crippen molar-refractivity contribution in [2.45, 2.75) is 50.9 Å². The molecule has 0 radical (unpaired) electrons. The van der Waals surface area contributed by atoms with E-state index in [9.17, 15) is 9.90 Å². The lowest BCUT2D eigenvalue weighted by Crippen LogP contribution is -2.44. The fourth-order valence-corrected chi connectivity index (χ4v) is 5.83. The van der Waals surface area contributed by atoms with Gasteiger partial charge in [0, 0.05) is 50.2 Å². The molecule has 10 heteroatoms. The number of anilines is 3. The number of fused-ring (bicyclic) bond motifs is 2. The van der Waals surface area contributed by atoms with Crippen LogP contribution in [-0.2, 0) is 6.54 Å². The average molecular weight is 527 g/mol. The molecule has 2 aromatic heterocycles. The van der Waals surface area contributed by atoms with Crippen molar-refractivity contribution in [2.24, 2.45) is 4.99 Å². The number of aliphatic hydroxyl groups is 1. The van der Waals surface area contributed by atoms with Gasteiger partial charge >= 0.3 is 0 Å². The number of dihydropyridines is 1. The van der Waals surface area contributed by atoms with E-state index in [0.717, 1.165) is 50.3 Å². The first-order chi connectivity index (χ1) is 18.8. The number of rotatable bonds is 5. The summed E-state index contributed by atoms with van der Waals surface area (Å²) in [6, 6.07) is 8.23. The zero-order chi connectivity index (χ0) is 27.1. The van der Waals surface area contributed by atoms with Crippen LogP contribution in [0.25, 0.3) is 11.0 Å². The molecule has 6 rings (SSSR count). The minimum atomic E-state index is -0.999. The molecular weight excluding hydrogens is 492 g/mol. The first-order valence-corrected chi connectivity index (χ1v) is 13.6. The normalized spacial score (nSPS) is 23.6. The molecule has 10 nitrogen and oxygen atoms in total. The summed E-state index contributed by atoms with van der Waals surface area (Å²) in [4.78, 5) is 32.1. The molecule has 1 saturated carbocycles. The van der Waals surface area contributed by atoms with Gasteiger partial charge in [-0.3, -0.25) is 9.79 Å². The van der Waals surface area contributed by atoms with Gasteiger partial charge in [-0.2, -0.15) is 4.98 Å². The van der Waals surface area contributed by atoms with Crippen molar-refractivity contribution in [3.05, 3.63) is 52.5 Å². The van der Waals surface area contributed by atoms with E-state index in [2.05, 4.69) is 51.3 Å². The third-order valence-electron chi connectivity index (χ3n) is 8.00. The van der Waals surface area contributed by atoms with Gasteiger partial charge in [-0.1, -0.05) is 12.0 Å². The van der Waals surface area contributed by atoms with Crippen LogP contribution < -0.4 is 15.8 Å². The van der Waals surface area contributed by atoms with Crippen LogP contribution in [0.1, 0.15) is 38.8 Å². The van der Waals surface area contributed by atoms with E-state index in [4.69, 9.17) is 16.4 Å². The summed E-state index contributed by atoms with van der Waals surface area (Å²) in [5.41, 5.74) is 3.03. The largest absolute Gasteiger partial charge is 0.384 e. The Hall–Kier alpha value is -3.94. The molecule has 0 spiro atoms. The Morgan fingerprint density at radius 1 is 1.21 bits per heavy atom. The molecule has 2 fully saturated rings. The topological polar surface area (TPSA) is 104 Å². The van der Waals surface area contributed by atoms with Gasteiger partial charge in [-0.25, -0.2) is 14.3 Å². The molecule has 0 amide bonds. The lowest BCUT2D eigenvalue weighted by Gasteiger charge is -2.35. The number of likely N-dealkylation sites (N-methyl/N-ethyl adjacent to an activating group) is 1. The number of aromatic nitrogens is 4. The second-order valence-corrected chi connectivity index (χ2v) is 10.9. The number of terminal acetylenes is 1. The number of benzene rings is 1. The molecule has 0 bridgehead atoms. The highest BCUT2D eigenvalue weighted by Gasteiger charge is 2.37. The predicted octanol–water partition coefficient (Wildman–Crippen LogP) is 2.93. The maximum atomic E-state index is 13.3. The smallest absolute Gasteiger partial charge is 0.278 e. The van der Waals surface area contributed by atoms with Crippen LogP contribution >= 0.6 is 0 Å². The Kier molecular flexibility index (Phi) is 6.49. The zero-order valence-corrected chi connectivity index (χ0v) is 22.5. The SMILES string of the molecule is C#CCn1c(=O)c2cnc(Nc3ccc(N4CCN(C)CC4)cc3)nc2n1C1CC=C2CCCC(C)(O)C2=N1. The van der Waals surface area contributed by atoms with Crippen LogP contribution in [0.15, 0.2) is 51.9 Å². The number of nitrogens with one attached hydrogen (secondary N) is 1. The van der Waals surface area contributed by atoms with Gasteiger partial charge < -0.3 is 20.2 Å². The molecule has 202 valence electrons. The van der Waals surface area contributed by atoms with Crippen molar-refractivity contribution in [2.75, 3.05) is 43.4 Å². The van der Waals surface area contributed by atoms with Crippen LogP contribution in [0.2, 0.25) is 0 Å². The van der Waals surface area contributed by atoms with E-state index in [0.29, 0.717) is 35.5 Å². The maximum Gasteiger partial charge on any atom is 0.278 e. The molecule has 3 aromatic rings. The summed E-state index contributed by atoms with van der Waals surface area (Å²) in [6.45, 7) is 6.01. The minimum Gasteiger partial charge on any atom is -0.384 e. The Balaban J connectivity index is 1.33. The average Bonchev–Trinajstić information content (AvgIpc) is 3.20. The summed E-state index contributed by atoms with van der Waals surface area (Å²) < 4.78 is 3.27. The molecule has 2 N–H and O–H groups in total. The van der Waals surface area contributed by atoms with Crippen molar-refractivity contribution >= 4 is 34.1 Å². The molecule has 1 saturated heterocycles. The molecule has 3 aliphatic rings. The van der Waals surface area contributed by atoms with Gasteiger partial charge in [0.25, 0.3) is 5.56 Å². The summed E-state index contributed by atoms with van der Waals surface area (Å²) in [5.74, 6) is 2.97. The molecule has 2 unspecified atom stereocenters. The number of aliphatic imine (C=N–C) groups is 1. The van der Waals surface area contributed by atoms with E-state index < -0.39 is 11.8 Å². The fourth-order valence-electron chi connectivity index (χ4n) is 5.83. The van der Waals surface area contributed by atoms with Gasteiger partial charge in [0.05, 0.1) is 5.71 Å². The van der Waals surface area contributed by atoms with Crippen LogP contribution in [0.3, 0.4) is 0 Å². The van der Waals surface area contributed by atoms with E-state index >= 15 is 0 Å². The second-order valence-electron chi connectivity index (χ2n) is 10.9. The molecule has 2 aliphatic heterocycles. The van der Waals surface area contributed by atoms with Crippen molar-refractivity contribution in [1.29, 1.82) is 0 Å². The first-order valence-electron chi connectivity index (χ1n) is 13.6. The van der Waals surface area contributed by atoms with Crippen molar-refractivity contribution < 1.29 is 5.11 Å². The summed E-state index contributed by atoms with van der Waals surface area (Å²) in [6.07, 6.45) is 11.9. The number of hydrogen-bond donors (Lipinski definition) is 2. The Labute approximate surface area is 227 Å². The highest BCUT2D eigenvalue weighted by Crippen LogP contribution is 2.36. The zero-order valence-electron chi connectivity index (χ0n) is 22.5. The first kappa shape index (κ1) is 25.3. The van der Waals surface area contributed by atoms with Crippen molar-refractivity contribution in [3.8, 4) is 12.3 Å². The summed E-state index contributed by atoms with van der Waals surface area (Å²) >= 11 is 0. The van der Waals surface area contributed by atoms with E-state index in [1.807, 2.05) is 19.1 Å². The van der Waals surface area contributed by atoms with E-state index in [-0.39, 0.29) is 12.1 Å². The maximum absolute atomic E-state index is 13.3. The number of nitrogens with zero attached hydrogens (tertiary/aromatic N) is 7. The Bertz CT molecular complexity index is 1550. The van der Waals surface area contributed by atoms with Gasteiger partial charge in [0.2, 0.25) is 5.95 Å². The Morgan fingerprint density at radius 2 is 1.97 bits per heavy atom. The van der Waals surface area contributed by atoms with Gasteiger partial charge in [-0.15, -0.1) is 6.42 Å². The quantitative estimate of drug-likeness (QED) is 0.493. The van der Waals surface area contributed by atoms with Crippen LogP contribution in [0.5, 0.6) is 0 Å². The van der Waals surface area contributed by atoms with Crippen LogP contribution in [0.4, 0.5) is 17.3 Å². The van der Waals surface area contributed by atoms with Gasteiger partial charge in [-0.05, 0) is 63.1 Å².